The Hall–Kier alpha value is -0.580. The number of carbonyl (C=O) groups excluding carboxylic acids is 1. The number of hydrogen-bond donors (Lipinski definition) is 0. The van der Waals surface area contributed by atoms with Crippen molar-refractivity contribution in [3.8, 4) is 5.75 Å². The van der Waals surface area contributed by atoms with E-state index in [-0.39, 0.29) is 3.98 Å². The summed E-state index contributed by atoms with van der Waals surface area (Å²) in [6.45, 7) is 0. The van der Waals surface area contributed by atoms with Gasteiger partial charge in [-0.3, -0.25) is 0 Å². The first-order valence-corrected chi connectivity index (χ1v) is 3.79. The fourth-order valence-corrected chi connectivity index (χ4v) is 0.835. The van der Waals surface area contributed by atoms with Crippen molar-refractivity contribution in [2.45, 2.75) is 0 Å². The van der Waals surface area contributed by atoms with Crippen LogP contribution in [0.3, 0.4) is 0 Å². The maximum absolute atomic E-state index is 10.4. The normalized spacial score (nSPS) is 8.90. The van der Waals surface area contributed by atoms with E-state index in [4.69, 9.17) is 4.74 Å². The number of benzene rings is 1. The van der Waals surface area contributed by atoms with Crippen molar-refractivity contribution in [1.82, 2.24) is 0 Å². The highest BCUT2D eigenvalue weighted by Crippen LogP contribution is 2.10. The molecule has 3 heteroatoms. The third-order valence-corrected chi connectivity index (χ3v) is 1.16. The summed E-state index contributed by atoms with van der Waals surface area (Å²) in [5.41, 5.74) is 0. The van der Waals surface area contributed by atoms with Gasteiger partial charge in [-0.2, -0.15) is 0 Å². The molecule has 0 aromatic heterocycles. The second-order valence-corrected chi connectivity index (χ2v) is 2.53. The molecule has 0 N–H and O–H groups in total. The van der Waals surface area contributed by atoms with E-state index in [1.165, 1.54) is 0 Å². The van der Waals surface area contributed by atoms with Gasteiger partial charge in [0.25, 0.3) is 0 Å². The Balaban J connectivity index is 2.67. The van der Waals surface area contributed by atoms with E-state index < -0.39 is 0 Å². The lowest BCUT2D eigenvalue weighted by Crippen LogP contribution is -1.93. The van der Waals surface area contributed by atoms with E-state index in [9.17, 15) is 4.79 Å². The Labute approximate surface area is 72.3 Å². The van der Waals surface area contributed by atoms with Crippen molar-refractivity contribution in [3.05, 3.63) is 30.3 Å². The van der Waals surface area contributed by atoms with Crippen LogP contribution < -0.4 is 4.74 Å². The molecule has 0 fully saturated rings. The molecule has 1 aromatic rings. The van der Waals surface area contributed by atoms with Crippen LogP contribution in [0.15, 0.2) is 30.3 Å². The van der Waals surface area contributed by atoms with Gasteiger partial charge in [0.05, 0.1) is 22.6 Å². The minimum atomic E-state index is -0.316. The standard InChI is InChI=1S/C7H5IO2/c8-7(9)10-6-4-2-1-3-5-6/h1-5H. The van der Waals surface area contributed by atoms with Crippen LogP contribution in [0.2, 0.25) is 0 Å². The molecule has 0 atom stereocenters. The number of hydrogen-bond acceptors (Lipinski definition) is 2. The van der Waals surface area contributed by atoms with Crippen LogP contribution in [0, 0.1) is 0 Å². The Morgan fingerprint density at radius 3 is 2.40 bits per heavy atom. The van der Waals surface area contributed by atoms with Gasteiger partial charge >= 0.3 is 3.98 Å². The first kappa shape index (κ1) is 7.53. The summed E-state index contributed by atoms with van der Waals surface area (Å²) in [6.07, 6.45) is 0. The van der Waals surface area contributed by atoms with Crippen molar-refractivity contribution in [2.24, 2.45) is 0 Å². The largest absolute Gasteiger partial charge is 0.419 e. The number of halogens is 1. The van der Waals surface area contributed by atoms with Gasteiger partial charge in [-0.05, 0) is 12.1 Å². The van der Waals surface area contributed by atoms with Crippen molar-refractivity contribution in [2.75, 3.05) is 0 Å². The molecule has 52 valence electrons. The van der Waals surface area contributed by atoms with Crippen LogP contribution in [0.4, 0.5) is 4.79 Å². The van der Waals surface area contributed by atoms with Crippen molar-refractivity contribution in [3.63, 3.8) is 0 Å². The average molecular weight is 248 g/mol. The number of ether oxygens (including phenoxy) is 1. The lowest BCUT2D eigenvalue weighted by atomic mass is 10.3. The lowest BCUT2D eigenvalue weighted by Gasteiger charge is -1.96. The molecular weight excluding hydrogens is 243 g/mol. The molecule has 0 aliphatic carbocycles. The summed E-state index contributed by atoms with van der Waals surface area (Å²) in [5.74, 6) is 0.585. The molecule has 0 unspecified atom stereocenters. The quantitative estimate of drug-likeness (QED) is 0.564. The van der Waals surface area contributed by atoms with E-state index in [2.05, 4.69) is 0 Å². The van der Waals surface area contributed by atoms with Crippen molar-refractivity contribution < 1.29 is 9.53 Å². The Bertz CT molecular complexity index is 220. The first-order valence-electron chi connectivity index (χ1n) is 2.71. The predicted octanol–water partition coefficient (Wildman–Crippen LogP) is 2.62. The van der Waals surface area contributed by atoms with E-state index in [1.54, 1.807) is 34.7 Å². The van der Waals surface area contributed by atoms with Crippen LogP contribution >= 0.6 is 22.6 Å². The predicted molar refractivity (Wildman–Crippen MR) is 46.5 cm³/mol. The number of para-hydroxylation sites is 1. The molecule has 10 heavy (non-hydrogen) atoms. The summed E-state index contributed by atoms with van der Waals surface area (Å²) in [6, 6.07) is 8.96. The van der Waals surface area contributed by atoms with Gasteiger partial charge in [-0.1, -0.05) is 18.2 Å². The Kier molecular flexibility index (Phi) is 2.68. The molecule has 0 bridgehead atoms. The molecule has 1 rings (SSSR count). The summed E-state index contributed by atoms with van der Waals surface area (Å²) < 4.78 is 4.45. The molecule has 0 amide bonds. The molecule has 0 heterocycles. The van der Waals surface area contributed by atoms with Gasteiger partial charge < -0.3 is 4.74 Å². The molecular formula is C7H5IO2. The molecule has 0 saturated heterocycles. The van der Waals surface area contributed by atoms with Gasteiger partial charge in [-0.15, -0.1) is 0 Å². The second kappa shape index (κ2) is 3.55. The molecule has 0 aliphatic rings. The minimum Gasteiger partial charge on any atom is -0.419 e. The van der Waals surface area contributed by atoms with E-state index in [0.29, 0.717) is 5.75 Å². The van der Waals surface area contributed by atoms with Crippen LogP contribution in [0.5, 0.6) is 5.75 Å². The maximum Gasteiger partial charge on any atom is 0.372 e. The lowest BCUT2D eigenvalue weighted by molar-refractivity contribution is 0.230. The highest BCUT2D eigenvalue weighted by Gasteiger charge is 1.94. The average Bonchev–Trinajstić information content (AvgIpc) is 1.88. The van der Waals surface area contributed by atoms with Gasteiger partial charge in [0.15, 0.2) is 0 Å². The second-order valence-electron chi connectivity index (χ2n) is 1.65. The zero-order chi connectivity index (χ0) is 7.40. The third kappa shape index (κ3) is 2.34. The highest BCUT2D eigenvalue weighted by molar-refractivity contribution is 14.1. The zero-order valence-corrected chi connectivity index (χ0v) is 7.24. The van der Waals surface area contributed by atoms with Crippen molar-refractivity contribution in [1.29, 1.82) is 0 Å². The third-order valence-electron chi connectivity index (χ3n) is 0.941. The summed E-state index contributed by atoms with van der Waals surface area (Å²) in [7, 11) is 0. The smallest absolute Gasteiger partial charge is 0.372 e. The number of carbonyl (C=O) groups is 1. The molecule has 0 spiro atoms. The Morgan fingerprint density at radius 1 is 1.30 bits per heavy atom. The fraction of sp³-hybridized carbons (Fsp3) is 0. The molecule has 0 radical (unpaired) electrons. The first-order chi connectivity index (χ1) is 4.79. The van der Waals surface area contributed by atoms with Gasteiger partial charge in [0.2, 0.25) is 0 Å². The summed E-state index contributed by atoms with van der Waals surface area (Å²) >= 11 is 1.58. The van der Waals surface area contributed by atoms with E-state index >= 15 is 0 Å². The highest BCUT2D eigenvalue weighted by atomic mass is 127. The summed E-state index contributed by atoms with van der Waals surface area (Å²) in [5, 5.41) is 0. The Morgan fingerprint density at radius 2 is 1.90 bits per heavy atom. The van der Waals surface area contributed by atoms with Gasteiger partial charge in [-0.25, -0.2) is 4.79 Å². The fourth-order valence-electron chi connectivity index (χ4n) is 0.581. The van der Waals surface area contributed by atoms with Gasteiger partial charge in [0, 0.05) is 0 Å². The zero-order valence-electron chi connectivity index (χ0n) is 5.08. The van der Waals surface area contributed by atoms with Gasteiger partial charge in [0.1, 0.15) is 5.75 Å². The van der Waals surface area contributed by atoms with E-state index in [1.807, 2.05) is 18.2 Å². The SMILES string of the molecule is O=C(I)Oc1ccccc1. The molecule has 0 saturated carbocycles. The minimum absolute atomic E-state index is 0.316. The van der Waals surface area contributed by atoms with E-state index in [0.717, 1.165) is 0 Å². The summed E-state index contributed by atoms with van der Waals surface area (Å²) in [4.78, 5) is 10.4. The van der Waals surface area contributed by atoms with Crippen molar-refractivity contribution >= 4 is 26.6 Å². The number of rotatable bonds is 1. The monoisotopic (exact) mass is 248 g/mol. The molecule has 0 aliphatic heterocycles. The van der Waals surface area contributed by atoms with Crippen LogP contribution in [-0.2, 0) is 0 Å². The molecule has 1 aromatic carbocycles. The topological polar surface area (TPSA) is 26.3 Å². The van der Waals surface area contributed by atoms with Crippen LogP contribution in [0.1, 0.15) is 0 Å². The molecule has 2 nitrogen and oxygen atoms in total. The van der Waals surface area contributed by atoms with Crippen LogP contribution in [0.25, 0.3) is 0 Å². The maximum atomic E-state index is 10.4. The van der Waals surface area contributed by atoms with Crippen LogP contribution in [-0.4, -0.2) is 3.98 Å².